The van der Waals surface area contributed by atoms with E-state index in [0.29, 0.717) is 14.3 Å². The van der Waals surface area contributed by atoms with Crippen molar-refractivity contribution in [1.29, 1.82) is 0 Å². The molecular weight excluding hydrogens is 397 g/mol. The Balaban J connectivity index is 2.65. The van der Waals surface area contributed by atoms with Crippen molar-refractivity contribution >= 4 is 13.9 Å². The number of phenols is 1. The average molecular weight is 442 g/mol. The Morgan fingerprint density at radius 3 is 2.00 bits per heavy atom. The van der Waals surface area contributed by atoms with Gasteiger partial charge in [-0.2, -0.15) is 0 Å². The first-order chi connectivity index (χ1) is 14.5. The summed E-state index contributed by atoms with van der Waals surface area (Å²) in [5, 5.41) is 12.9. The van der Waals surface area contributed by atoms with Gasteiger partial charge in [-0.15, -0.1) is 0 Å². The van der Waals surface area contributed by atoms with Gasteiger partial charge in [0, 0.05) is 17.3 Å². The van der Waals surface area contributed by atoms with E-state index >= 15 is 0 Å². The number of benzene rings is 2. The lowest BCUT2D eigenvalue weighted by atomic mass is 9.81. The number of rotatable bonds is 9. The van der Waals surface area contributed by atoms with Gasteiger partial charge < -0.3 is 5.11 Å². The van der Waals surface area contributed by atoms with Crippen molar-refractivity contribution in [3.8, 4) is 5.75 Å². The van der Waals surface area contributed by atoms with Crippen LogP contribution in [0.1, 0.15) is 89.1 Å². The minimum Gasteiger partial charge on any atom is -0.507 e. The van der Waals surface area contributed by atoms with Crippen molar-refractivity contribution < 1.29 is 5.11 Å². The molecule has 0 aliphatic heterocycles. The van der Waals surface area contributed by atoms with E-state index in [2.05, 4.69) is 97.5 Å². The van der Waals surface area contributed by atoms with Gasteiger partial charge in [0.1, 0.15) is 5.75 Å². The van der Waals surface area contributed by atoms with Gasteiger partial charge in [-0.05, 0) is 67.2 Å². The fourth-order valence-electron chi connectivity index (χ4n) is 4.56. The highest BCUT2D eigenvalue weighted by Crippen LogP contribution is 2.52. The van der Waals surface area contributed by atoms with E-state index in [1.165, 1.54) is 22.0 Å². The molecule has 0 fully saturated rings. The molecule has 0 amide bonds. The zero-order valence-electron chi connectivity index (χ0n) is 21.3. The van der Waals surface area contributed by atoms with Gasteiger partial charge in [0.25, 0.3) is 0 Å². The number of aromatic hydroxyl groups is 1. The molecular formula is C28H44NOP. The second kappa shape index (κ2) is 10.5. The monoisotopic (exact) mass is 441 g/mol. The van der Waals surface area contributed by atoms with Crippen molar-refractivity contribution in [3.05, 3.63) is 58.1 Å². The van der Waals surface area contributed by atoms with Crippen LogP contribution < -0.4 is 5.30 Å². The topological polar surface area (TPSA) is 23.5 Å². The highest BCUT2D eigenvalue weighted by Gasteiger charge is 2.35. The highest BCUT2D eigenvalue weighted by atomic mass is 31.1. The maximum Gasteiger partial charge on any atom is 0.123 e. The van der Waals surface area contributed by atoms with Crippen molar-refractivity contribution in [2.24, 2.45) is 0 Å². The van der Waals surface area contributed by atoms with E-state index in [1.54, 1.807) is 0 Å². The molecule has 1 N–H and O–H groups in total. The molecule has 3 heteroatoms. The molecule has 31 heavy (non-hydrogen) atoms. The van der Waals surface area contributed by atoms with E-state index in [4.69, 9.17) is 0 Å². The summed E-state index contributed by atoms with van der Waals surface area (Å²) in [6.07, 6.45) is 2.03. The normalized spacial score (nSPS) is 13.0. The van der Waals surface area contributed by atoms with Gasteiger partial charge in [-0.25, -0.2) is 0 Å². The van der Waals surface area contributed by atoms with Gasteiger partial charge in [0.2, 0.25) is 0 Å². The molecule has 0 radical (unpaired) electrons. The highest BCUT2D eigenvalue weighted by molar-refractivity contribution is 7.48. The van der Waals surface area contributed by atoms with Crippen LogP contribution in [0, 0.1) is 13.8 Å². The summed E-state index contributed by atoms with van der Waals surface area (Å²) in [6, 6.07) is 11.2. The number of hydrogen-bond donors (Lipinski definition) is 1. The van der Waals surface area contributed by atoms with Gasteiger partial charge in [0.15, 0.2) is 0 Å². The Morgan fingerprint density at radius 2 is 1.48 bits per heavy atom. The molecule has 172 valence electrons. The molecule has 0 saturated heterocycles. The minimum atomic E-state index is -0.0856. The van der Waals surface area contributed by atoms with Gasteiger partial charge >= 0.3 is 0 Å². The predicted octanol–water partition coefficient (Wildman–Crippen LogP) is 7.17. The largest absolute Gasteiger partial charge is 0.507 e. The van der Waals surface area contributed by atoms with Gasteiger partial charge in [0.05, 0.1) is 0 Å². The fraction of sp³-hybridized carbons (Fsp3) is 0.571. The zero-order valence-corrected chi connectivity index (χ0v) is 22.3. The molecule has 2 nitrogen and oxygen atoms in total. The summed E-state index contributed by atoms with van der Waals surface area (Å²) in [7, 11) is 0.629. The second-order valence-corrected chi connectivity index (χ2v) is 11.7. The van der Waals surface area contributed by atoms with E-state index < -0.39 is 0 Å². The Bertz CT molecular complexity index is 873. The lowest BCUT2D eigenvalue weighted by Gasteiger charge is -2.37. The second-order valence-electron chi connectivity index (χ2n) is 9.94. The van der Waals surface area contributed by atoms with Crippen molar-refractivity contribution in [2.75, 3.05) is 13.1 Å². The summed E-state index contributed by atoms with van der Waals surface area (Å²) in [5.74, 6) is 0.508. The molecule has 0 bridgehead atoms. The predicted molar refractivity (Wildman–Crippen MR) is 140 cm³/mol. The summed E-state index contributed by atoms with van der Waals surface area (Å²) >= 11 is 0. The maximum atomic E-state index is 11.5. The number of nitrogens with zero attached hydrogens (tertiary/aromatic N) is 1. The molecule has 0 aromatic heterocycles. The molecule has 0 saturated carbocycles. The number of hydrogen-bond acceptors (Lipinski definition) is 2. The molecule has 0 spiro atoms. The SMILES string of the molecule is CCN(CC)Cc1cccc(C)c1PC(CC)(CC)c1cc(C)cc(C(C)(C)C)c1O. The quantitative estimate of drug-likeness (QED) is 0.417. The van der Waals surface area contributed by atoms with Crippen LogP contribution in [0.3, 0.4) is 0 Å². The van der Waals surface area contributed by atoms with Gasteiger partial charge in [-0.1, -0.05) is 92.9 Å². The van der Waals surface area contributed by atoms with Crippen LogP contribution in [-0.4, -0.2) is 23.1 Å². The molecule has 2 rings (SSSR count). The molecule has 2 aromatic carbocycles. The number of aryl methyl sites for hydroxylation is 2. The van der Waals surface area contributed by atoms with Crippen LogP contribution in [0.25, 0.3) is 0 Å². The Morgan fingerprint density at radius 1 is 0.903 bits per heavy atom. The maximum absolute atomic E-state index is 11.5. The molecule has 1 atom stereocenters. The molecule has 0 aliphatic carbocycles. The summed E-state index contributed by atoms with van der Waals surface area (Å²) in [5.41, 5.74) is 6.16. The third kappa shape index (κ3) is 5.71. The molecule has 0 aliphatic rings. The molecule has 2 aromatic rings. The van der Waals surface area contributed by atoms with E-state index in [-0.39, 0.29) is 10.6 Å². The van der Waals surface area contributed by atoms with Crippen LogP contribution in [0.15, 0.2) is 30.3 Å². The Hall–Kier alpha value is -1.37. The first-order valence-corrected chi connectivity index (χ1v) is 13.0. The van der Waals surface area contributed by atoms with Crippen LogP contribution in [0.4, 0.5) is 0 Å². The van der Waals surface area contributed by atoms with Crippen molar-refractivity contribution in [3.63, 3.8) is 0 Å². The summed E-state index contributed by atoms with van der Waals surface area (Å²) in [6.45, 7) is 23.2. The first kappa shape index (κ1) is 25.9. The Kier molecular flexibility index (Phi) is 8.77. The van der Waals surface area contributed by atoms with E-state index in [0.717, 1.165) is 43.6 Å². The Labute approximate surface area is 193 Å². The van der Waals surface area contributed by atoms with Gasteiger partial charge in [-0.3, -0.25) is 4.90 Å². The lowest BCUT2D eigenvalue weighted by molar-refractivity contribution is 0.296. The van der Waals surface area contributed by atoms with E-state index in [1.807, 2.05) is 0 Å². The van der Waals surface area contributed by atoms with Crippen molar-refractivity contribution in [1.82, 2.24) is 4.90 Å². The third-order valence-corrected chi connectivity index (χ3v) is 9.22. The summed E-state index contributed by atoms with van der Waals surface area (Å²) < 4.78 is 0. The van der Waals surface area contributed by atoms with Crippen LogP contribution in [-0.2, 0) is 17.1 Å². The minimum absolute atomic E-state index is 0.0553. The third-order valence-electron chi connectivity index (χ3n) is 6.80. The number of phenolic OH excluding ortho intramolecular Hbond substituents is 1. The first-order valence-electron chi connectivity index (χ1n) is 12.0. The van der Waals surface area contributed by atoms with Crippen LogP contribution >= 0.6 is 8.58 Å². The fourth-order valence-corrected chi connectivity index (χ4v) is 6.32. The van der Waals surface area contributed by atoms with E-state index in [9.17, 15) is 5.11 Å². The molecule has 0 heterocycles. The zero-order chi connectivity index (χ0) is 23.4. The van der Waals surface area contributed by atoms with Crippen LogP contribution in [0.2, 0.25) is 0 Å². The van der Waals surface area contributed by atoms with Crippen LogP contribution in [0.5, 0.6) is 5.75 Å². The smallest absolute Gasteiger partial charge is 0.123 e. The summed E-state index contributed by atoms with van der Waals surface area (Å²) in [4.78, 5) is 2.49. The standard InChI is InChI=1S/C28H44NOP/c1-10-28(11-2,24-18-20(5)17-23(25(24)30)27(7,8)9)31-26-21(6)15-14-16-22(26)19-29(12-3)13-4/h14-18,30-31H,10-13,19H2,1-9H3. The lowest BCUT2D eigenvalue weighted by Crippen LogP contribution is -2.28. The average Bonchev–Trinajstić information content (AvgIpc) is 2.72. The molecule has 1 unspecified atom stereocenters. The van der Waals surface area contributed by atoms with Crippen molar-refractivity contribution in [2.45, 2.75) is 92.3 Å².